The zero-order chi connectivity index (χ0) is 14.4. The van der Waals surface area contributed by atoms with Crippen molar-refractivity contribution in [3.8, 4) is 0 Å². The van der Waals surface area contributed by atoms with Crippen LogP contribution in [-0.2, 0) is 11.2 Å². The van der Waals surface area contributed by atoms with Crippen molar-refractivity contribution in [3.63, 3.8) is 0 Å². The highest BCUT2D eigenvalue weighted by molar-refractivity contribution is 6.33. The van der Waals surface area contributed by atoms with Crippen LogP contribution >= 0.6 is 11.6 Å². The molecule has 2 N–H and O–H groups in total. The topological polar surface area (TPSA) is 38.5 Å². The van der Waals surface area contributed by atoms with Crippen LogP contribution in [0, 0.1) is 0 Å². The van der Waals surface area contributed by atoms with Gasteiger partial charge in [-0.25, -0.2) is 0 Å². The Morgan fingerprint density at radius 2 is 2.00 bits per heavy atom. The highest BCUT2D eigenvalue weighted by atomic mass is 35.5. The van der Waals surface area contributed by atoms with Crippen LogP contribution in [0.25, 0.3) is 0 Å². The third-order valence-corrected chi connectivity index (χ3v) is 3.18. The maximum atomic E-state index is 6.33. The molecular formula is C15H25ClN2O. The van der Waals surface area contributed by atoms with E-state index >= 15 is 0 Å². The second-order valence-corrected chi connectivity index (χ2v) is 5.68. The van der Waals surface area contributed by atoms with Crippen LogP contribution in [0.1, 0.15) is 26.3 Å². The molecule has 0 saturated heterocycles. The Bertz CT molecular complexity index is 394. The Kier molecular flexibility index (Phi) is 6.63. The fraction of sp³-hybridized carbons (Fsp3) is 0.600. The average molecular weight is 285 g/mol. The lowest BCUT2D eigenvalue weighted by molar-refractivity contribution is 0.0846. The minimum absolute atomic E-state index is 0.123. The molecule has 1 aromatic rings. The van der Waals surface area contributed by atoms with Crippen LogP contribution < -0.4 is 10.6 Å². The van der Waals surface area contributed by atoms with E-state index in [1.165, 1.54) is 5.56 Å². The second-order valence-electron chi connectivity index (χ2n) is 5.27. The van der Waals surface area contributed by atoms with E-state index in [9.17, 15) is 0 Å². The Labute approximate surface area is 121 Å². The summed E-state index contributed by atoms with van der Waals surface area (Å²) in [5, 5.41) is 0.769. The van der Waals surface area contributed by atoms with Crippen LogP contribution in [0.15, 0.2) is 18.2 Å². The minimum Gasteiger partial charge on any atom is -0.377 e. The first-order chi connectivity index (χ1) is 8.91. The number of nitrogens with two attached hydrogens (primary N) is 1. The number of benzene rings is 1. The van der Waals surface area contributed by atoms with Crippen LogP contribution in [0.3, 0.4) is 0 Å². The number of nitrogens with zero attached hydrogens (tertiary/aromatic N) is 1. The van der Waals surface area contributed by atoms with Crippen LogP contribution in [0.2, 0.25) is 5.02 Å². The molecule has 0 aliphatic carbocycles. The van der Waals surface area contributed by atoms with Crippen LogP contribution in [-0.4, -0.2) is 32.3 Å². The number of hydrogen-bond acceptors (Lipinski definition) is 3. The second kappa shape index (κ2) is 7.73. The normalized spacial score (nSPS) is 12.8. The zero-order valence-electron chi connectivity index (χ0n) is 12.3. The van der Waals surface area contributed by atoms with Gasteiger partial charge < -0.3 is 15.4 Å². The number of ether oxygens (including phenoxy) is 1. The van der Waals surface area contributed by atoms with Gasteiger partial charge in [-0.1, -0.05) is 23.7 Å². The van der Waals surface area contributed by atoms with Gasteiger partial charge in [-0.05, 0) is 38.8 Å². The van der Waals surface area contributed by atoms with Gasteiger partial charge in [0, 0.05) is 19.6 Å². The van der Waals surface area contributed by atoms with Gasteiger partial charge in [-0.3, -0.25) is 0 Å². The molecule has 1 unspecified atom stereocenters. The monoisotopic (exact) mass is 284 g/mol. The smallest absolute Gasteiger partial charge is 0.0644 e. The molecule has 0 aromatic heterocycles. The third kappa shape index (κ3) is 5.39. The average Bonchev–Trinajstić information content (AvgIpc) is 2.27. The lowest BCUT2D eigenvalue weighted by Crippen LogP contribution is -2.26. The standard InChI is InChI=1S/C15H25ClN2O/c1-11(2)19-9-8-18(4)15-13(10-12(3)17)6-5-7-14(15)16/h5-7,11-12H,8-10,17H2,1-4H3. The first-order valence-electron chi connectivity index (χ1n) is 6.77. The summed E-state index contributed by atoms with van der Waals surface area (Å²) < 4.78 is 5.59. The van der Waals surface area contributed by atoms with E-state index in [0.29, 0.717) is 6.61 Å². The molecule has 1 atom stereocenters. The molecule has 1 rings (SSSR count). The quantitative estimate of drug-likeness (QED) is 0.836. The number of rotatable bonds is 7. The predicted octanol–water partition coefficient (Wildman–Crippen LogP) is 3.09. The first-order valence-corrected chi connectivity index (χ1v) is 7.15. The van der Waals surface area contributed by atoms with Crippen molar-refractivity contribution < 1.29 is 4.74 Å². The van der Waals surface area contributed by atoms with Crippen molar-refractivity contribution in [2.75, 3.05) is 25.1 Å². The van der Waals surface area contributed by atoms with Gasteiger partial charge >= 0.3 is 0 Å². The maximum absolute atomic E-state index is 6.33. The molecule has 3 nitrogen and oxygen atoms in total. The molecule has 0 bridgehead atoms. The lowest BCUT2D eigenvalue weighted by Gasteiger charge is -2.25. The largest absolute Gasteiger partial charge is 0.377 e. The summed E-state index contributed by atoms with van der Waals surface area (Å²) in [6.07, 6.45) is 1.08. The first kappa shape index (κ1) is 16.3. The summed E-state index contributed by atoms with van der Waals surface area (Å²) in [5.74, 6) is 0. The molecule has 0 heterocycles. The van der Waals surface area contributed by atoms with E-state index in [1.807, 2.05) is 40.0 Å². The Hall–Kier alpha value is -0.770. The summed E-state index contributed by atoms with van der Waals surface area (Å²) in [6, 6.07) is 6.10. The number of hydrogen-bond donors (Lipinski definition) is 1. The molecule has 0 spiro atoms. The number of anilines is 1. The maximum Gasteiger partial charge on any atom is 0.0644 e. The van der Waals surface area contributed by atoms with Gasteiger partial charge in [-0.2, -0.15) is 0 Å². The number of halogens is 1. The summed E-state index contributed by atoms with van der Waals surface area (Å²) in [4.78, 5) is 2.14. The van der Waals surface area contributed by atoms with E-state index in [2.05, 4.69) is 11.0 Å². The Morgan fingerprint density at radius 1 is 1.32 bits per heavy atom. The molecule has 0 aliphatic rings. The molecular weight excluding hydrogens is 260 g/mol. The zero-order valence-corrected chi connectivity index (χ0v) is 13.1. The van der Waals surface area contributed by atoms with E-state index in [-0.39, 0.29) is 12.1 Å². The predicted molar refractivity (Wildman–Crippen MR) is 83.2 cm³/mol. The Balaban J connectivity index is 2.79. The van der Waals surface area contributed by atoms with Crippen molar-refractivity contribution in [2.24, 2.45) is 5.73 Å². The van der Waals surface area contributed by atoms with E-state index < -0.39 is 0 Å². The van der Waals surface area contributed by atoms with Crippen molar-refractivity contribution in [1.29, 1.82) is 0 Å². The summed E-state index contributed by atoms with van der Waals surface area (Å²) in [7, 11) is 2.04. The fourth-order valence-electron chi connectivity index (χ4n) is 2.04. The summed E-state index contributed by atoms with van der Waals surface area (Å²) >= 11 is 6.33. The van der Waals surface area contributed by atoms with Gasteiger partial charge in [0.05, 0.1) is 23.4 Å². The highest BCUT2D eigenvalue weighted by Crippen LogP contribution is 2.29. The molecule has 0 fully saturated rings. The van der Waals surface area contributed by atoms with Crippen LogP contribution in [0.5, 0.6) is 0 Å². The molecule has 19 heavy (non-hydrogen) atoms. The van der Waals surface area contributed by atoms with Gasteiger partial charge in [0.15, 0.2) is 0 Å². The summed E-state index contributed by atoms with van der Waals surface area (Å²) in [6.45, 7) is 7.59. The molecule has 4 heteroatoms. The fourth-order valence-corrected chi connectivity index (χ4v) is 2.37. The van der Waals surface area contributed by atoms with E-state index in [0.717, 1.165) is 23.7 Å². The van der Waals surface area contributed by atoms with Crippen molar-refractivity contribution >= 4 is 17.3 Å². The van der Waals surface area contributed by atoms with Gasteiger partial charge in [0.25, 0.3) is 0 Å². The third-order valence-electron chi connectivity index (χ3n) is 2.87. The molecule has 0 amide bonds. The molecule has 0 radical (unpaired) electrons. The minimum atomic E-state index is 0.123. The molecule has 0 aliphatic heterocycles. The SMILES string of the molecule is CC(N)Cc1cccc(Cl)c1N(C)CCOC(C)C. The number of para-hydroxylation sites is 1. The van der Waals surface area contributed by atoms with Gasteiger partial charge in [0.2, 0.25) is 0 Å². The summed E-state index contributed by atoms with van der Waals surface area (Å²) in [5.41, 5.74) is 8.15. The van der Waals surface area contributed by atoms with Crippen LogP contribution in [0.4, 0.5) is 5.69 Å². The van der Waals surface area contributed by atoms with Crippen molar-refractivity contribution in [3.05, 3.63) is 28.8 Å². The Morgan fingerprint density at radius 3 is 2.58 bits per heavy atom. The van der Waals surface area contributed by atoms with Gasteiger partial charge in [0.1, 0.15) is 0 Å². The molecule has 108 valence electrons. The van der Waals surface area contributed by atoms with Crippen molar-refractivity contribution in [2.45, 2.75) is 39.3 Å². The van der Waals surface area contributed by atoms with E-state index in [4.69, 9.17) is 22.1 Å². The lowest BCUT2D eigenvalue weighted by atomic mass is 10.0. The van der Waals surface area contributed by atoms with Crippen molar-refractivity contribution in [1.82, 2.24) is 0 Å². The number of likely N-dealkylation sites (N-methyl/N-ethyl adjacent to an activating group) is 1. The van der Waals surface area contributed by atoms with E-state index in [1.54, 1.807) is 0 Å². The highest BCUT2D eigenvalue weighted by Gasteiger charge is 2.13. The van der Waals surface area contributed by atoms with Gasteiger partial charge in [-0.15, -0.1) is 0 Å². The molecule has 0 saturated carbocycles. The molecule has 1 aromatic carbocycles.